The van der Waals surface area contributed by atoms with Crippen LogP contribution in [-0.2, 0) is 11.3 Å². The van der Waals surface area contributed by atoms with E-state index in [4.69, 9.17) is 16.3 Å². The van der Waals surface area contributed by atoms with Crippen LogP contribution in [0, 0.1) is 0 Å². The van der Waals surface area contributed by atoms with Crippen molar-refractivity contribution in [3.8, 4) is 0 Å². The first-order chi connectivity index (χ1) is 8.61. The van der Waals surface area contributed by atoms with Gasteiger partial charge in [-0.2, -0.15) is 0 Å². The Morgan fingerprint density at radius 1 is 1.50 bits per heavy atom. The Morgan fingerprint density at radius 2 is 2.33 bits per heavy atom. The van der Waals surface area contributed by atoms with Crippen LogP contribution in [-0.4, -0.2) is 18.2 Å². The second kappa shape index (κ2) is 6.05. The first-order valence-corrected chi connectivity index (χ1v) is 7.11. The second-order valence-corrected chi connectivity index (χ2v) is 5.79. The molecule has 0 saturated carbocycles. The Kier molecular flexibility index (Phi) is 4.66. The Labute approximate surface area is 115 Å². The van der Waals surface area contributed by atoms with E-state index in [1.807, 2.05) is 18.2 Å². The van der Waals surface area contributed by atoms with Gasteiger partial charge >= 0.3 is 0 Å². The lowest BCUT2D eigenvalue weighted by atomic mass is 9.90. The first kappa shape index (κ1) is 13.9. The molecule has 2 atom stereocenters. The summed E-state index contributed by atoms with van der Waals surface area (Å²) >= 11 is 5.99. The van der Waals surface area contributed by atoms with Crippen LogP contribution in [0.25, 0.3) is 0 Å². The van der Waals surface area contributed by atoms with E-state index in [2.05, 4.69) is 25.2 Å². The third-order valence-electron chi connectivity index (χ3n) is 3.83. The maximum Gasteiger partial charge on any atom is 0.0666 e. The molecule has 0 bridgehead atoms. The van der Waals surface area contributed by atoms with Crippen LogP contribution in [0.15, 0.2) is 24.3 Å². The van der Waals surface area contributed by atoms with Crippen LogP contribution >= 0.6 is 11.6 Å². The minimum atomic E-state index is 0.0459. The van der Waals surface area contributed by atoms with Crippen molar-refractivity contribution in [3.05, 3.63) is 34.9 Å². The minimum absolute atomic E-state index is 0.0459. The van der Waals surface area contributed by atoms with E-state index in [9.17, 15) is 0 Å². The molecule has 0 aromatic heterocycles. The molecule has 1 heterocycles. The van der Waals surface area contributed by atoms with E-state index in [1.54, 1.807) is 0 Å². The van der Waals surface area contributed by atoms with Gasteiger partial charge in [0.15, 0.2) is 0 Å². The highest BCUT2D eigenvalue weighted by molar-refractivity contribution is 6.30. The molecule has 2 nitrogen and oxygen atoms in total. The average Bonchev–Trinajstić information content (AvgIpc) is 2.37. The summed E-state index contributed by atoms with van der Waals surface area (Å²) in [6.45, 7) is 6.14. The third kappa shape index (κ3) is 3.71. The predicted octanol–water partition coefficient (Wildman–Crippen LogP) is 3.78. The Morgan fingerprint density at radius 3 is 3.06 bits per heavy atom. The molecule has 1 N–H and O–H groups in total. The van der Waals surface area contributed by atoms with E-state index < -0.39 is 0 Å². The van der Waals surface area contributed by atoms with Crippen LogP contribution in [0.4, 0.5) is 0 Å². The van der Waals surface area contributed by atoms with Gasteiger partial charge in [0.2, 0.25) is 0 Å². The zero-order valence-electron chi connectivity index (χ0n) is 11.2. The standard InChI is InChI=1S/C15H22ClNO/c1-3-15(2)10-14(7-8-18-15)17-11-12-5-4-6-13(16)9-12/h4-6,9,14,17H,3,7-8,10-11H2,1-2H3. The van der Waals surface area contributed by atoms with Crippen molar-refractivity contribution in [2.24, 2.45) is 0 Å². The van der Waals surface area contributed by atoms with Crippen molar-refractivity contribution >= 4 is 11.6 Å². The van der Waals surface area contributed by atoms with Crippen LogP contribution in [0.3, 0.4) is 0 Å². The highest BCUT2D eigenvalue weighted by atomic mass is 35.5. The molecule has 0 amide bonds. The molecule has 3 heteroatoms. The fraction of sp³-hybridized carbons (Fsp3) is 0.600. The molecule has 18 heavy (non-hydrogen) atoms. The van der Waals surface area contributed by atoms with Crippen molar-refractivity contribution in [1.82, 2.24) is 5.32 Å². The largest absolute Gasteiger partial charge is 0.375 e. The van der Waals surface area contributed by atoms with Crippen LogP contribution in [0.2, 0.25) is 5.02 Å². The lowest BCUT2D eigenvalue weighted by molar-refractivity contribution is -0.0781. The quantitative estimate of drug-likeness (QED) is 0.897. The molecule has 1 saturated heterocycles. The third-order valence-corrected chi connectivity index (χ3v) is 4.06. The number of hydrogen-bond donors (Lipinski definition) is 1. The van der Waals surface area contributed by atoms with Crippen LogP contribution in [0.1, 0.15) is 38.7 Å². The summed E-state index contributed by atoms with van der Waals surface area (Å²) in [5.41, 5.74) is 1.29. The molecule has 1 aliphatic rings. The summed E-state index contributed by atoms with van der Waals surface area (Å²) in [5.74, 6) is 0. The molecule has 0 spiro atoms. The minimum Gasteiger partial charge on any atom is -0.375 e. The van der Waals surface area contributed by atoms with Crippen LogP contribution < -0.4 is 5.32 Å². The van der Waals surface area contributed by atoms with E-state index in [0.29, 0.717) is 6.04 Å². The van der Waals surface area contributed by atoms with Gasteiger partial charge in [0.05, 0.1) is 5.60 Å². The number of hydrogen-bond acceptors (Lipinski definition) is 2. The lowest BCUT2D eigenvalue weighted by Crippen LogP contribution is -2.44. The van der Waals surface area contributed by atoms with E-state index in [0.717, 1.165) is 37.4 Å². The van der Waals surface area contributed by atoms with Gasteiger partial charge in [0, 0.05) is 24.2 Å². The maximum absolute atomic E-state index is 5.99. The second-order valence-electron chi connectivity index (χ2n) is 5.35. The molecule has 100 valence electrons. The number of nitrogens with one attached hydrogen (secondary N) is 1. The van der Waals surface area contributed by atoms with Gasteiger partial charge < -0.3 is 10.1 Å². The Hall–Kier alpha value is -0.570. The summed E-state index contributed by atoms with van der Waals surface area (Å²) in [6, 6.07) is 8.58. The molecular formula is C15H22ClNO. The number of benzene rings is 1. The van der Waals surface area contributed by atoms with E-state index in [-0.39, 0.29) is 5.60 Å². The molecule has 1 aromatic carbocycles. The van der Waals surface area contributed by atoms with Crippen molar-refractivity contribution in [2.45, 2.75) is 51.3 Å². The smallest absolute Gasteiger partial charge is 0.0666 e. The SMILES string of the molecule is CCC1(C)CC(NCc2cccc(Cl)c2)CCO1. The maximum atomic E-state index is 5.99. The zero-order valence-corrected chi connectivity index (χ0v) is 12.0. The Balaban J connectivity index is 1.87. The fourth-order valence-corrected chi connectivity index (χ4v) is 2.67. The average molecular weight is 268 g/mol. The summed E-state index contributed by atoms with van der Waals surface area (Å²) in [7, 11) is 0. The highest BCUT2D eigenvalue weighted by Gasteiger charge is 2.31. The van der Waals surface area contributed by atoms with Gasteiger partial charge in [-0.3, -0.25) is 0 Å². The molecule has 1 aromatic rings. The van der Waals surface area contributed by atoms with Gasteiger partial charge in [0.25, 0.3) is 0 Å². The van der Waals surface area contributed by atoms with Gasteiger partial charge in [0.1, 0.15) is 0 Å². The zero-order chi connectivity index (χ0) is 13.0. The molecular weight excluding hydrogens is 246 g/mol. The van der Waals surface area contributed by atoms with Crippen molar-refractivity contribution in [3.63, 3.8) is 0 Å². The predicted molar refractivity (Wildman–Crippen MR) is 76.0 cm³/mol. The number of halogens is 1. The van der Waals surface area contributed by atoms with E-state index in [1.165, 1.54) is 5.56 Å². The summed E-state index contributed by atoms with van der Waals surface area (Å²) < 4.78 is 5.85. The molecule has 2 rings (SSSR count). The number of ether oxygens (including phenoxy) is 1. The normalized spacial score (nSPS) is 28.3. The topological polar surface area (TPSA) is 21.3 Å². The van der Waals surface area contributed by atoms with E-state index >= 15 is 0 Å². The molecule has 0 radical (unpaired) electrons. The van der Waals surface area contributed by atoms with Gasteiger partial charge in [-0.15, -0.1) is 0 Å². The summed E-state index contributed by atoms with van der Waals surface area (Å²) in [5, 5.41) is 4.42. The molecule has 0 aliphatic carbocycles. The fourth-order valence-electron chi connectivity index (χ4n) is 2.46. The highest BCUT2D eigenvalue weighted by Crippen LogP contribution is 2.27. The molecule has 1 fully saturated rings. The first-order valence-electron chi connectivity index (χ1n) is 6.73. The van der Waals surface area contributed by atoms with Crippen molar-refractivity contribution in [2.75, 3.05) is 6.61 Å². The summed E-state index contributed by atoms with van der Waals surface area (Å²) in [4.78, 5) is 0. The van der Waals surface area contributed by atoms with Crippen molar-refractivity contribution in [1.29, 1.82) is 0 Å². The number of rotatable bonds is 4. The lowest BCUT2D eigenvalue weighted by Gasteiger charge is -2.38. The Bertz CT molecular complexity index is 396. The summed E-state index contributed by atoms with van der Waals surface area (Å²) in [6.07, 6.45) is 3.25. The molecule has 1 aliphatic heterocycles. The monoisotopic (exact) mass is 267 g/mol. The van der Waals surface area contributed by atoms with Gasteiger partial charge in [-0.05, 0) is 43.9 Å². The van der Waals surface area contributed by atoms with Gasteiger partial charge in [-0.25, -0.2) is 0 Å². The van der Waals surface area contributed by atoms with Crippen molar-refractivity contribution < 1.29 is 4.74 Å². The van der Waals surface area contributed by atoms with Gasteiger partial charge in [-0.1, -0.05) is 30.7 Å². The van der Waals surface area contributed by atoms with Crippen LogP contribution in [0.5, 0.6) is 0 Å². The molecule has 2 unspecified atom stereocenters.